The van der Waals surface area contributed by atoms with E-state index >= 15 is 0 Å². The maximum atomic E-state index is 9.21. The Labute approximate surface area is 80.5 Å². The van der Waals surface area contributed by atoms with E-state index in [4.69, 9.17) is 5.73 Å². The summed E-state index contributed by atoms with van der Waals surface area (Å²) >= 11 is 3.33. The number of nitrogens with two attached hydrogens (primary N) is 1. The van der Waals surface area contributed by atoms with Crippen molar-refractivity contribution in [2.75, 3.05) is 0 Å². The van der Waals surface area contributed by atoms with E-state index in [9.17, 15) is 5.11 Å². The smallest absolute Gasteiger partial charge is 0.0704 e. The van der Waals surface area contributed by atoms with Gasteiger partial charge in [-0.05, 0) is 24.6 Å². The molecule has 0 aromatic heterocycles. The van der Waals surface area contributed by atoms with Gasteiger partial charge in [-0.25, -0.2) is 0 Å². The number of benzene rings is 1. The molecular weight excluding hydrogens is 218 g/mol. The highest BCUT2D eigenvalue weighted by molar-refractivity contribution is 9.10. The Balaban J connectivity index is 2.82. The van der Waals surface area contributed by atoms with Gasteiger partial charge in [-0.15, -0.1) is 0 Å². The number of halogens is 1. The molecule has 3 N–H and O–H groups in total. The number of rotatable bonds is 2. The molecule has 12 heavy (non-hydrogen) atoms. The van der Waals surface area contributed by atoms with Crippen LogP contribution in [0.15, 0.2) is 28.7 Å². The van der Waals surface area contributed by atoms with Crippen LogP contribution in [0, 0.1) is 0 Å². The van der Waals surface area contributed by atoms with E-state index in [-0.39, 0.29) is 6.04 Å². The van der Waals surface area contributed by atoms with Gasteiger partial charge in [0.1, 0.15) is 0 Å². The van der Waals surface area contributed by atoms with E-state index in [1.807, 2.05) is 24.3 Å². The molecular formula is C9H12BrNO. The van der Waals surface area contributed by atoms with E-state index in [0.29, 0.717) is 0 Å². The average Bonchev–Trinajstić information content (AvgIpc) is 2.04. The fraction of sp³-hybridized carbons (Fsp3) is 0.333. The highest BCUT2D eigenvalue weighted by Gasteiger charge is 2.10. The molecule has 0 spiro atoms. The molecule has 0 fully saturated rings. The van der Waals surface area contributed by atoms with Gasteiger partial charge in [-0.1, -0.05) is 28.1 Å². The van der Waals surface area contributed by atoms with Crippen molar-refractivity contribution in [3.05, 3.63) is 34.3 Å². The summed E-state index contributed by atoms with van der Waals surface area (Å²) in [5.41, 5.74) is 6.67. The van der Waals surface area contributed by atoms with Gasteiger partial charge in [0.05, 0.1) is 12.1 Å². The largest absolute Gasteiger partial charge is 0.391 e. The van der Waals surface area contributed by atoms with Gasteiger partial charge in [0.2, 0.25) is 0 Å². The lowest BCUT2D eigenvalue weighted by Gasteiger charge is -2.14. The zero-order chi connectivity index (χ0) is 9.14. The molecule has 1 rings (SSSR count). The highest BCUT2D eigenvalue weighted by Crippen LogP contribution is 2.17. The quantitative estimate of drug-likeness (QED) is 0.814. The van der Waals surface area contributed by atoms with Gasteiger partial charge in [0.25, 0.3) is 0 Å². The highest BCUT2D eigenvalue weighted by atomic mass is 79.9. The van der Waals surface area contributed by atoms with Gasteiger partial charge in [0, 0.05) is 4.47 Å². The van der Waals surface area contributed by atoms with Crippen molar-refractivity contribution < 1.29 is 5.11 Å². The van der Waals surface area contributed by atoms with Crippen LogP contribution < -0.4 is 5.73 Å². The number of aliphatic hydroxyl groups excluding tert-OH is 1. The molecule has 0 amide bonds. The van der Waals surface area contributed by atoms with Crippen LogP contribution in [0.25, 0.3) is 0 Å². The van der Waals surface area contributed by atoms with Crippen LogP contribution in [0.5, 0.6) is 0 Å². The van der Waals surface area contributed by atoms with Crippen molar-refractivity contribution in [2.45, 2.75) is 19.1 Å². The first-order valence-corrected chi connectivity index (χ1v) is 4.59. The first-order chi connectivity index (χ1) is 5.61. The van der Waals surface area contributed by atoms with Gasteiger partial charge >= 0.3 is 0 Å². The Morgan fingerprint density at radius 1 is 1.33 bits per heavy atom. The van der Waals surface area contributed by atoms with Crippen molar-refractivity contribution in [3.8, 4) is 0 Å². The summed E-state index contributed by atoms with van der Waals surface area (Å²) in [6, 6.07) is 7.34. The molecule has 0 aliphatic carbocycles. The number of hydrogen-bond donors (Lipinski definition) is 2. The maximum absolute atomic E-state index is 9.21. The van der Waals surface area contributed by atoms with Gasteiger partial charge < -0.3 is 10.8 Å². The minimum Gasteiger partial charge on any atom is -0.391 e. The van der Waals surface area contributed by atoms with Crippen LogP contribution in [0.3, 0.4) is 0 Å². The zero-order valence-corrected chi connectivity index (χ0v) is 8.45. The predicted molar refractivity (Wildman–Crippen MR) is 52.8 cm³/mol. The van der Waals surface area contributed by atoms with Crippen LogP contribution >= 0.6 is 15.9 Å². The molecule has 0 bridgehead atoms. The Morgan fingerprint density at radius 2 is 1.83 bits per heavy atom. The van der Waals surface area contributed by atoms with Crippen LogP contribution in [-0.4, -0.2) is 11.2 Å². The van der Waals surface area contributed by atoms with Crippen molar-refractivity contribution in [1.82, 2.24) is 0 Å². The average molecular weight is 230 g/mol. The van der Waals surface area contributed by atoms with Gasteiger partial charge in [-0.3, -0.25) is 0 Å². The topological polar surface area (TPSA) is 46.2 Å². The summed E-state index contributed by atoms with van der Waals surface area (Å²) in [6.07, 6.45) is -0.508. The summed E-state index contributed by atoms with van der Waals surface area (Å²) in [5, 5.41) is 9.21. The lowest BCUT2D eigenvalue weighted by molar-refractivity contribution is 0.164. The predicted octanol–water partition coefficient (Wildman–Crippen LogP) is 1.83. The Bertz CT molecular complexity index is 245. The van der Waals surface area contributed by atoms with Crippen LogP contribution in [0.1, 0.15) is 18.5 Å². The third kappa shape index (κ3) is 2.30. The maximum Gasteiger partial charge on any atom is 0.0704 e. The van der Waals surface area contributed by atoms with Crippen molar-refractivity contribution in [2.24, 2.45) is 5.73 Å². The monoisotopic (exact) mass is 229 g/mol. The van der Waals surface area contributed by atoms with E-state index in [2.05, 4.69) is 15.9 Å². The number of hydrogen-bond acceptors (Lipinski definition) is 2. The fourth-order valence-electron chi connectivity index (χ4n) is 0.964. The molecule has 0 radical (unpaired) electrons. The van der Waals surface area contributed by atoms with E-state index in [1.54, 1.807) is 6.92 Å². The van der Waals surface area contributed by atoms with Crippen LogP contribution in [-0.2, 0) is 0 Å². The van der Waals surface area contributed by atoms with Crippen LogP contribution in [0.4, 0.5) is 0 Å². The van der Waals surface area contributed by atoms with Gasteiger partial charge in [-0.2, -0.15) is 0 Å². The van der Waals surface area contributed by atoms with Crippen molar-refractivity contribution in [3.63, 3.8) is 0 Å². The molecule has 0 saturated heterocycles. The molecule has 0 heterocycles. The first kappa shape index (κ1) is 9.71. The van der Waals surface area contributed by atoms with E-state index in [0.717, 1.165) is 10.0 Å². The van der Waals surface area contributed by atoms with Crippen molar-refractivity contribution in [1.29, 1.82) is 0 Å². The van der Waals surface area contributed by atoms with E-state index in [1.165, 1.54) is 0 Å². The molecule has 0 saturated carbocycles. The molecule has 1 aromatic rings. The number of aliphatic hydroxyl groups is 1. The summed E-state index contributed by atoms with van der Waals surface area (Å²) in [4.78, 5) is 0. The molecule has 66 valence electrons. The third-order valence-electron chi connectivity index (χ3n) is 1.77. The van der Waals surface area contributed by atoms with E-state index < -0.39 is 6.10 Å². The SMILES string of the molecule is C[C@@H](O)[C@H](N)c1ccc(Br)cc1. The van der Waals surface area contributed by atoms with Crippen molar-refractivity contribution >= 4 is 15.9 Å². The summed E-state index contributed by atoms with van der Waals surface area (Å²) in [6.45, 7) is 1.69. The summed E-state index contributed by atoms with van der Waals surface area (Å²) in [7, 11) is 0. The lowest BCUT2D eigenvalue weighted by Crippen LogP contribution is -2.22. The lowest BCUT2D eigenvalue weighted by atomic mass is 10.0. The Kier molecular flexibility index (Phi) is 3.26. The normalized spacial score (nSPS) is 15.7. The molecule has 0 aliphatic heterocycles. The third-order valence-corrected chi connectivity index (χ3v) is 2.30. The second-order valence-electron chi connectivity index (χ2n) is 2.82. The van der Waals surface area contributed by atoms with Crippen LogP contribution in [0.2, 0.25) is 0 Å². The first-order valence-electron chi connectivity index (χ1n) is 3.80. The molecule has 2 atom stereocenters. The molecule has 0 unspecified atom stereocenters. The standard InChI is InChI=1S/C9H12BrNO/c1-6(12)9(11)7-2-4-8(10)5-3-7/h2-6,9,12H,11H2,1H3/t6-,9+/m1/s1. The zero-order valence-electron chi connectivity index (χ0n) is 6.87. The second kappa shape index (κ2) is 4.03. The van der Waals surface area contributed by atoms with Gasteiger partial charge in [0.15, 0.2) is 0 Å². The second-order valence-corrected chi connectivity index (χ2v) is 3.73. The Hall–Kier alpha value is -0.380. The fourth-order valence-corrected chi connectivity index (χ4v) is 1.23. The molecule has 0 aliphatic rings. The minimum atomic E-state index is -0.508. The summed E-state index contributed by atoms with van der Waals surface area (Å²) < 4.78 is 1.02. The minimum absolute atomic E-state index is 0.293. The molecule has 1 aromatic carbocycles. The Morgan fingerprint density at radius 3 is 2.25 bits per heavy atom. The summed E-state index contributed by atoms with van der Waals surface area (Å²) in [5.74, 6) is 0. The molecule has 3 heteroatoms. The molecule has 2 nitrogen and oxygen atoms in total.